The lowest BCUT2D eigenvalue weighted by atomic mass is 10.1. The molecule has 0 aliphatic carbocycles. The topological polar surface area (TPSA) is 66.9 Å². The summed E-state index contributed by atoms with van der Waals surface area (Å²) in [6.45, 7) is 3.90. The van der Waals surface area contributed by atoms with E-state index in [2.05, 4.69) is 16.9 Å². The van der Waals surface area contributed by atoms with Gasteiger partial charge in [-0.15, -0.1) is 6.58 Å². The van der Waals surface area contributed by atoms with Crippen LogP contribution >= 0.6 is 12.2 Å². The lowest BCUT2D eigenvalue weighted by molar-refractivity contribution is 0.102. The Balaban J connectivity index is 2.00. The normalized spacial score (nSPS) is 10.6. The number of amides is 1. The van der Waals surface area contributed by atoms with Gasteiger partial charge in [0.15, 0.2) is 4.77 Å². The first-order valence-electron chi connectivity index (χ1n) is 7.44. The first kappa shape index (κ1) is 16.8. The number of halogens is 1. The quantitative estimate of drug-likeness (QED) is 0.555. The second-order valence-corrected chi connectivity index (χ2v) is 5.75. The summed E-state index contributed by atoms with van der Waals surface area (Å²) in [5.74, 6) is -0.856. The van der Waals surface area contributed by atoms with Crippen molar-refractivity contribution < 1.29 is 9.18 Å². The van der Waals surface area contributed by atoms with Gasteiger partial charge in [0, 0.05) is 17.8 Å². The fourth-order valence-electron chi connectivity index (χ4n) is 2.46. The van der Waals surface area contributed by atoms with Gasteiger partial charge in [-0.3, -0.25) is 14.2 Å². The number of hydrogen-bond donors (Lipinski definition) is 2. The van der Waals surface area contributed by atoms with Gasteiger partial charge < -0.3 is 10.3 Å². The Kier molecular flexibility index (Phi) is 4.58. The Bertz CT molecular complexity index is 1100. The fraction of sp³-hybridized carbons (Fsp3) is 0.0556. The van der Waals surface area contributed by atoms with Gasteiger partial charge in [-0.25, -0.2) is 4.39 Å². The number of H-pyrrole nitrogens is 1. The highest BCUT2D eigenvalue weighted by Gasteiger charge is 2.10. The maximum atomic E-state index is 13.2. The molecule has 0 spiro atoms. The largest absolute Gasteiger partial charge is 0.332 e. The molecule has 1 heterocycles. The number of benzene rings is 2. The van der Waals surface area contributed by atoms with Crippen molar-refractivity contribution in [3.8, 4) is 0 Å². The molecule has 25 heavy (non-hydrogen) atoms. The Hall–Kier alpha value is -3.06. The van der Waals surface area contributed by atoms with E-state index in [1.165, 1.54) is 28.8 Å². The molecule has 0 radical (unpaired) electrons. The number of nitrogens with one attached hydrogen (secondary N) is 2. The summed E-state index contributed by atoms with van der Waals surface area (Å²) in [7, 11) is 0. The van der Waals surface area contributed by atoms with Crippen LogP contribution in [0, 0.1) is 10.6 Å². The first-order valence-corrected chi connectivity index (χ1v) is 7.85. The van der Waals surface area contributed by atoms with Crippen LogP contribution in [0.3, 0.4) is 0 Å². The molecule has 0 unspecified atom stereocenters. The Labute approximate surface area is 147 Å². The standard InChI is InChI=1S/C18H14FN3O2S/c1-2-8-22-17(24)14-7-6-11(9-15(14)21-18(22)25)16(23)20-13-5-3-4-12(19)10-13/h2-7,9-10H,1,8H2,(H,20,23)(H,21,25). The maximum absolute atomic E-state index is 13.2. The number of nitrogens with zero attached hydrogens (tertiary/aromatic N) is 1. The average molecular weight is 355 g/mol. The highest BCUT2D eigenvalue weighted by atomic mass is 32.1. The number of aromatic nitrogens is 2. The SMILES string of the molecule is C=CCn1c(=S)[nH]c2cc(C(=O)Nc3cccc(F)c3)ccc2c1=O. The van der Waals surface area contributed by atoms with E-state index in [9.17, 15) is 14.0 Å². The Morgan fingerprint density at radius 1 is 1.32 bits per heavy atom. The van der Waals surface area contributed by atoms with Crippen LogP contribution < -0.4 is 10.9 Å². The molecule has 7 heteroatoms. The van der Waals surface area contributed by atoms with Crippen molar-refractivity contribution >= 4 is 34.7 Å². The third-order valence-corrected chi connectivity index (χ3v) is 3.96. The third-order valence-electron chi connectivity index (χ3n) is 3.64. The summed E-state index contributed by atoms with van der Waals surface area (Å²) in [6.07, 6.45) is 1.58. The summed E-state index contributed by atoms with van der Waals surface area (Å²) < 4.78 is 14.8. The molecule has 0 bridgehead atoms. The molecule has 1 amide bonds. The second-order valence-electron chi connectivity index (χ2n) is 5.36. The maximum Gasteiger partial charge on any atom is 0.262 e. The van der Waals surface area contributed by atoms with E-state index in [-0.39, 0.29) is 10.3 Å². The molecule has 3 rings (SSSR count). The van der Waals surface area contributed by atoms with E-state index >= 15 is 0 Å². The monoisotopic (exact) mass is 355 g/mol. The minimum atomic E-state index is -0.442. The number of carbonyl (C=O) groups is 1. The molecule has 2 aromatic carbocycles. The van der Waals surface area contributed by atoms with Crippen LogP contribution in [0.5, 0.6) is 0 Å². The van der Waals surface area contributed by atoms with Crippen molar-refractivity contribution in [1.29, 1.82) is 0 Å². The number of hydrogen-bond acceptors (Lipinski definition) is 3. The summed E-state index contributed by atoms with van der Waals surface area (Å²) >= 11 is 5.18. The molecule has 0 saturated carbocycles. The van der Waals surface area contributed by atoms with E-state index in [1.807, 2.05) is 0 Å². The number of rotatable bonds is 4. The predicted molar refractivity (Wildman–Crippen MR) is 97.9 cm³/mol. The van der Waals surface area contributed by atoms with E-state index in [0.717, 1.165) is 0 Å². The van der Waals surface area contributed by atoms with Crippen molar-refractivity contribution in [1.82, 2.24) is 9.55 Å². The minimum absolute atomic E-state index is 0.250. The number of anilines is 1. The highest BCUT2D eigenvalue weighted by Crippen LogP contribution is 2.14. The molecule has 5 nitrogen and oxygen atoms in total. The Morgan fingerprint density at radius 2 is 2.12 bits per heavy atom. The van der Waals surface area contributed by atoms with Crippen LogP contribution in [0.25, 0.3) is 10.9 Å². The van der Waals surface area contributed by atoms with Gasteiger partial charge in [0.1, 0.15) is 5.82 Å². The van der Waals surface area contributed by atoms with E-state index in [0.29, 0.717) is 28.7 Å². The van der Waals surface area contributed by atoms with Crippen molar-refractivity contribution in [2.75, 3.05) is 5.32 Å². The number of fused-ring (bicyclic) bond motifs is 1. The molecule has 1 aromatic heterocycles. The van der Waals surface area contributed by atoms with E-state index in [4.69, 9.17) is 12.2 Å². The van der Waals surface area contributed by atoms with Crippen LogP contribution in [-0.4, -0.2) is 15.5 Å². The van der Waals surface area contributed by atoms with Crippen LogP contribution in [0.15, 0.2) is 59.9 Å². The number of allylic oxidation sites excluding steroid dienone is 1. The molecule has 0 fully saturated rings. The van der Waals surface area contributed by atoms with Gasteiger partial charge in [0.05, 0.1) is 10.9 Å². The lowest BCUT2D eigenvalue weighted by Gasteiger charge is -2.08. The summed E-state index contributed by atoms with van der Waals surface area (Å²) in [4.78, 5) is 27.7. The Morgan fingerprint density at radius 3 is 2.84 bits per heavy atom. The second kappa shape index (κ2) is 6.82. The zero-order chi connectivity index (χ0) is 18.0. The molecular weight excluding hydrogens is 341 g/mol. The van der Waals surface area contributed by atoms with Gasteiger partial charge in [-0.2, -0.15) is 0 Å². The first-order chi connectivity index (χ1) is 12.0. The predicted octanol–water partition coefficient (Wildman–Crippen LogP) is 3.64. The molecule has 3 aromatic rings. The van der Waals surface area contributed by atoms with E-state index < -0.39 is 11.7 Å². The van der Waals surface area contributed by atoms with Crippen LogP contribution in [0.1, 0.15) is 10.4 Å². The van der Waals surface area contributed by atoms with Crippen molar-refractivity contribution in [3.05, 3.63) is 81.6 Å². The molecule has 2 N–H and O–H groups in total. The number of carbonyl (C=O) groups excluding carboxylic acids is 1. The third kappa shape index (κ3) is 3.41. The zero-order valence-corrected chi connectivity index (χ0v) is 13.9. The van der Waals surface area contributed by atoms with Crippen molar-refractivity contribution in [2.24, 2.45) is 0 Å². The van der Waals surface area contributed by atoms with E-state index in [1.54, 1.807) is 24.3 Å². The van der Waals surface area contributed by atoms with Gasteiger partial charge in [-0.1, -0.05) is 12.1 Å². The molecule has 126 valence electrons. The highest BCUT2D eigenvalue weighted by molar-refractivity contribution is 7.71. The molecule has 0 atom stereocenters. The van der Waals surface area contributed by atoms with Gasteiger partial charge >= 0.3 is 0 Å². The summed E-state index contributed by atoms with van der Waals surface area (Å²) in [6, 6.07) is 10.2. The zero-order valence-electron chi connectivity index (χ0n) is 13.1. The minimum Gasteiger partial charge on any atom is -0.332 e. The average Bonchev–Trinajstić information content (AvgIpc) is 2.58. The van der Waals surface area contributed by atoms with Gasteiger partial charge in [-0.05, 0) is 48.6 Å². The lowest BCUT2D eigenvalue weighted by Crippen LogP contribution is -2.22. The van der Waals surface area contributed by atoms with Gasteiger partial charge in [0.2, 0.25) is 0 Å². The van der Waals surface area contributed by atoms with Crippen LogP contribution in [-0.2, 0) is 6.54 Å². The number of aromatic amines is 1. The summed E-state index contributed by atoms with van der Waals surface area (Å²) in [5.41, 5.74) is 0.876. The van der Waals surface area contributed by atoms with Crippen molar-refractivity contribution in [2.45, 2.75) is 6.54 Å². The molecule has 0 saturated heterocycles. The van der Waals surface area contributed by atoms with Crippen LogP contribution in [0.2, 0.25) is 0 Å². The molecular formula is C18H14FN3O2S. The van der Waals surface area contributed by atoms with Gasteiger partial charge in [0.25, 0.3) is 11.5 Å². The molecule has 0 aliphatic heterocycles. The van der Waals surface area contributed by atoms with Crippen molar-refractivity contribution in [3.63, 3.8) is 0 Å². The fourth-order valence-corrected chi connectivity index (χ4v) is 2.73. The van der Waals surface area contributed by atoms with Crippen LogP contribution in [0.4, 0.5) is 10.1 Å². The summed E-state index contributed by atoms with van der Waals surface area (Å²) in [5, 5.41) is 3.02. The molecule has 0 aliphatic rings. The smallest absolute Gasteiger partial charge is 0.262 e.